The second kappa shape index (κ2) is 6.10. The highest BCUT2D eigenvalue weighted by Gasteiger charge is 2.23. The fraction of sp³-hybridized carbons (Fsp3) is 0.176. The summed E-state index contributed by atoms with van der Waals surface area (Å²) in [6, 6.07) is 18.6. The van der Waals surface area contributed by atoms with E-state index < -0.39 is 0 Å². The van der Waals surface area contributed by atoms with E-state index in [4.69, 9.17) is 0 Å². The molecule has 0 saturated heterocycles. The number of carbonyl (C=O) groups excluding carboxylic acids is 2. The van der Waals surface area contributed by atoms with Gasteiger partial charge in [0.1, 0.15) is 5.78 Å². The van der Waals surface area contributed by atoms with Gasteiger partial charge in [-0.3, -0.25) is 9.59 Å². The first-order chi connectivity index (χ1) is 9.18. The first kappa shape index (κ1) is 13.2. The Morgan fingerprint density at radius 1 is 0.895 bits per heavy atom. The van der Waals surface area contributed by atoms with E-state index in [0.29, 0.717) is 5.56 Å². The Balaban J connectivity index is 2.33. The maximum absolute atomic E-state index is 12.5. The number of rotatable bonds is 5. The van der Waals surface area contributed by atoms with Crippen LogP contribution in [0.5, 0.6) is 0 Å². The van der Waals surface area contributed by atoms with Gasteiger partial charge in [-0.05, 0) is 12.5 Å². The minimum Gasteiger partial charge on any atom is -0.300 e. The molecule has 1 atom stereocenters. The van der Waals surface area contributed by atoms with Gasteiger partial charge in [-0.2, -0.15) is 0 Å². The lowest BCUT2D eigenvalue weighted by Gasteiger charge is -2.15. The van der Waals surface area contributed by atoms with Crippen LogP contribution in [0.4, 0.5) is 0 Å². The van der Waals surface area contributed by atoms with Crippen LogP contribution in [0.1, 0.15) is 35.2 Å². The van der Waals surface area contributed by atoms with E-state index in [1.807, 2.05) is 48.5 Å². The molecule has 19 heavy (non-hydrogen) atoms. The van der Waals surface area contributed by atoms with Gasteiger partial charge >= 0.3 is 0 Å². The first-order valence-corrected chi connectivity index (χ1v) is 6.32. The molecule has 0 radical (unpaired) electrons. The minimum atomic E-state index is -0.388. The van der Waals surface area contributed by atoms with Crippen LogP contribution in [0.3, 0.4) is 0 Å². The smallest absolute Gasteiger partial charge is 0.170 e. The average Bonchev–Trinajstić information content (AvgIpc) is 2.46. The van der Waals surface area contributed by atoms with E-state index in [2.05, 4.69) is 0 Å². The number of hydrogen-bond acceptors (Lipinski definition) is 2. The van der Waals surface area contributed by atoms with Crippen LogP contribution in [0.25, 0.3) is 0 Å². The van der Waals surface area contributed by atoms with E-state index in [9.17, 15) is 9.59 Å². The number of Topliss-reactive ketones (excluding diaryl/α,β-unsaturated/α-hetero) is 2. The number of carbonyl (C=O) groups is 2. The fourth-order valence-corrected chi connectivity index (χ4v) is 2.14. The Morgan fingerprint density at radius 2 is 1.42 bits per heavy atom. The van der Waals surface area contributed by atoms with Crippen molar-refractivity contribution in [3.63, 3.8) is 0 Å². The zero-order valence-electron chi connectivity index (χ0n) is 10.9. The summed E-state index contributed by atoms with van der Waals surface area (Å²) in [7, 11) is 0. The minimum absolute atomic E-state index is 0.00185. The SMILES string of the molecule is CC(=O)C[C@H](C(=O)c1ccccc1)c1ccccc1. The Hall–Kier alpha value is -2.22. The summed E-state index contributed by atoms with van der Waals surface area (Å²) < 4.78 is 0. The zero-order valence-corrected chi connectivity index (χ0v) is 10.9. The largest absolute Gasteiger partial charge is 0.300 e. The molecular formula is C17H16O2. The van der Waals surface area contributed by atoms with Crippen molar-refractivity contribution in [2.24, 2.45) is 0 Å². The average molecular weight is 252 g/mol. The van der Waals surface area contributed by atoms with Crippen LogP contribution in [-0.2, 0) is 4.79 Å². The third-order valence-corrected chi connectivity index (χ3v) is 3.07. The molecule has 0 amide bonds. The van der Waals surface area contributed by atoms with E-state index in [0.717, 1.165) is 5.56 Å². The molecule has 0 aromatic heterocycles. The Morgan fingerprint density at radius 3 is 1.95 bits per heavy atom. The quantitative estimate of drug-likeness (QED) is 0.761. The van der Waals surface area contributed by atoms with Crippen molar-refractivity contribution in [2.45, 2.75) is 19.3 Å². The standard InChI is InChI=1S/C17H16O2/c1-13(18)12-16(14-8-4-2-5-9-14)17(19)15-10-6-3-7-11-15/h2-11,16H,12H2,1H3/t16-/m0/s1. The second-order valence-electron chi connectivity index (χ2n) is 4.60. The van der Waals surface area contributed by atoms with Gasteiger partial charge in [0.05, 0.1) is 5.92 Å². The predicted octanol–water partition coefficient (Wildman–Crippen LogP) is 3.63. The molecule has 2 heteroatoms. The summed E-state index contributed by atoms with van der Waals surface area (Å²) in [6.45, 7) is 1.52. The number of ketones is 2. The molecule has 0 aliphatic rings. The van der Waals surface area contributed by atoms with Crippen molar-refractivity contribution in [3.8, 4) is 0 Å². The fourth-order valence-electron chi connectivity index (χ4n) is 2.14. The van der Waals surface area contributed by atoms with Crippen LogP contribution in [-0.4, -0.2) is 11.6 Å². The maximum Gasteiger partial charge on any atom is 0.170 e. The van der Waals surface area contributed by atoms with Crippen molar-refractivity contribution in [3.05, 3.63) is 71.8 Å². The maximum atomic E-state index is 12.5. The van der Waals surface area contributed by atoms with Gasteiger partial charge in [0.2, 0.25) is 0 Å². The topological polar surface area (TPSA) is 34.1 Å². The van der Waals surface area contributed by atoms with Crippen LogP contribution in [0.2, 0.25) is 0 Å². The molecule has 2 aromatic carbocycles. The summed E-state index contributed by atoms with van der Waals surface area (Å²) in [5.74, 6) is -0.360. The van der Waals surface area contributed by atoms with Gasteiger partial charge in [-0.25, -0.2) is 0 Å². The molecule has 0 bridgehead atoms. The van der Waals surface area contributed by atoms with E-state index in [-0.39, 0.29) is 23.9 Å². The second-order valence-corrected chi connectivity index (χ2v) is 4.60. The molecule has 0 N–H and O–H groups in total. The molecule has 0 spiro atoms. The number of benzene rings is 2. The summed E-state index contributed by atoms with van der Waals surface area (Å²) in [6.07, 6.45) is 0.248. The van der Waals surface area contributed by atoms with Crippen molar-refractivity contribution < 1.29 is 9.59 Å². The molecule has 2 nitrogen and oxygen atoms in total. The molecule has 0 saturated carbocycles. The van der Waals surface area contributed by atoms with Crippen LogP contribution in [0.15, 0.2) is 60.7 Å². The van der Waals surface area contributed by atoms with Crippen molar-refractivity contribution in [2.75, 3.05) is 0 Å². The summed E-state index contributed by atoms with van der Waals surface area (Å²) in [5, 5.41) is 0. The molecule has 2 aromatic rings. The molecule has 0 heterocycles. The molecule has 2 rings (SSSR count). The van der Waals surface area contributed by atoms with Gasteiger partial charge in [-0.1, -0.05) is 60.7 Å². The highest BCUT2D eigenvalue weighted by Crippen LogP contribution is 2.24. The molecule has 0 aliphatic carbocycles. The third-order valence-electron chi connectivity index (χ3n) is 3.07. The molecule has 0 fully saturated rings. The summed E-state index contributed by atoms with van der Waals surface area (Å²) in [4.78, 5) is 23.9. The molecule has 96 valence electrons. The molecule has 0 aliphatic heterocycles. The highest BCUT2D eigenvalue weighted by atomic mass is 16.1. The summed E-state index contributed by atoms with van der Waals surface area (Å²) >= 11 is 0. The van der Waals surface area contributed by atoms with E-state index in [1.54, 1.807) is 12.1 Å². The normalized spacial score (nSPS) is 11.8. The third kappa shape index (κ3) is 3.38. The number of hydrogen-bond donors (Lipinski definition) is 0. The van der Waals surface area contributed by atoms with Gasteiger partial charge in [0, 0.05) is 12.0 Å². The van der Waals surface area contributed by atoms with E-state index in [1.165, 1.54) is 6.92 Å². The molecular weight excluding hydrogens is 236 g/mol. The van der Waals surface area contributed by atoms with Crippen LogP contribution >= 0.6 is 0 Å². The Labute approximate surface area is 113 Å². The first-order valence-electron chi connectivity index (χ1n) is 6.32. The Kier molecular flexibility index (Phi) is 4.24. The van der Waals surface area contributed by atoms with Crippen molar-refractivity contribution >= 4 is 11.6 Å². The van der Waals surface area contributed by atoms with Gasteiger partial charge in [-0.15, -0.1) is 0 Å². The lowest BCUT2D eigenvalue weighted by molar-refractivity contribution is -0.117. The highest BCUT2D eigenvalue weighted by molar-refractivity contribution is 6.03. The van der Waals surface area contributed by atoms with Crippen LogP contribution < -0.4 is 0 Å². The van der Waals surface area contributed by atoms with E-state index >= 15 is 0 Å². The lowest BCUT2D eigenvalue weighted by atomic mass is 9.87. The van der Waals surface area contributed by atoms with Crippen molar-refractivity contribution in [1.82, 2.24) is 0 Å². The predicted molar refractivity (Wildman–Crippen MR) is 75.3 cm³/mol. The lowest BCUT2D eigenvalue weighted by Crippen LogP contribution is -2.16. The summed E-state index contributed by atoms with van der Waals surface area (Å²) in [5.41, 5.74) is 1.55. The van der Waals surface area contributed by atoms with Gasteiger partial charge in [0.15, 0.2) is 5.78 Å². The van der Waals surface area contributed by atoms with Gasteiger partial charge < -0.3 is 0 Å². The van der Waals surface area contributed by atoms with Crippen LogP contribution in [0, 0.1) is 0 Å². The molecule has 0 unspecified atom stereocenters. The van der Waals surface area contributed by atoms with Crippen molar-refractivity contribution in [1.29, 1.82) is 0 Å². The Bertz CT molecular complexity index is 558. The zero-order chi connectivity index (χ0) is 13.7. The monoisotopic (exact) mass is 252 g/mol. The van der Waals surface area contributed by atoms with Gasteiger partial charge in [0.25, 0.3) is 0 Å².